The Morgan fingerprint density at radius 1 is 1.22 bits per heavy atom. The van der Waals surface area contributed by atoms with Gasteiger partial charge < -0.3 is 20.3 Å². The van der Waals surface area contributed by atoms with Gasteiger partial charge in [0.25, 0.3) is 0 Å². The van der Waals surface area contributed by atoms with Crippen LogP contribution in [0.4, 0.5) is 5.69 Å². The number of rotatable bonds is 7. The number of thiocarbonyl (C=S) groups is 1. The third-order valence-electron chi connectivity index (χ3n) is 4.99. The Labute approximate surface area is 167 Å². The number of nitrogens with one attached hydrogen (secondary N) is 3. The summed E-state index contributed by atoms with van der Waals surface area (Å²) in [4.78, 5) is 1.88. The van der Waals surface area contributed by atoms with Crippen molar-refractivity contribution in [3.05, 3.63) is 24.3 Å². The van der Waals surface area contributed by atoms with Crippen LogP contribution >= 0.6 is 12.2 Å². The van der Waals surface area contributed by atoms with Crippen LogP contribution in [0.2, 0.25) is 0 Å². The smallest absolute Gasteiger partial charge is 0.243 e. The summed E-state index contributed by atoms with van der Waals surface area (Å²) in [6.45, 7) is 6.93. The van der Waals surface area contributed by atoms with Crippen molar-refractivity contribution in [2.45, 2.75) is 24.2 Å². The lowest BCUT2D eigenvalue weighted by Crippen LogP contribution is -3.14. The van der Waals surface area contributed by atoms with E-state index < -0.39 is 10.0 Å². The molecule has 1 aromatic rings. The Balaban J connectivity index is 1.46. The molecule has 0 aliphatic carbocycles. The van der Waals surface area contributed by atoms with Crippen LogP contribution < -0.4 is 15.5 Å². The molecule has 2 aliphatic rings. The summed E-state index contributed by atoms with van der Waals surface area (Å²) in [5.74, 6) is 0. The maximum Gasteiger partial charge on any atom is 0.243 e. The quantitative estimate of drug-likeness (QED) is 0.434. The van der Waals surface area contributed by atoms with Crippen LogP contribution in [0.1, 0.15) is 19.3 Å². The first-order chi connectivity index (χ1) is 13.1. The van der Waals surface area contributed by atoms with Gasteiger partial charge in [0.05, 0.1) is 24.7 Å². The summed E-state index contributed by atoms with van der Waals surface area (Å²) in [5, 5.41) is 6.81. The first-order valence-corrected chi connectivity index (χ1v) is 11.5. The lowest BCUT2D eigenvalue weighted by atomic mass is 10.3. The van der Waals surface area contributed by atoms with Gasteiger partial charge in [-0.1, -0.05) is 6.07 Å². The second-order valence-electron chi connectivity index (χ2n) is 6.99. The number of hydrogen-bond donors (Lipinski definition) is 3. The van der Waals surface area contributed by atoms with E-state index >= 15 is 0 Å². The van der Waals surface area contributed by atoms with Crippen molar-refractivity contribution in [1.29, 1.82) is 0 Å². The zero-order chi connectivity index (χ0) is 19.1. The van der Waals surface area contributed by atoms with Gasteiger partial charge in [0.1, 0.15) is 13.1 Å². The average molecular weight is 414 g/mol. The minimum atomic E-state index is -3.41. The Morgan fingerprint density at radius 2 is 1.96 bits per heavy atom. The minimum Gasteiger partial charge on any atom is -0.370 e. The predicted molar refractivity (Wildman–Crippen MR) is 110 cm³/mol. The minimum absolute atomic E-state index is 0.313. The molecule has 0 bridgehead atoms. The molecule has 1 aromatic carbocycles. The normalized spacial score (nSPS) is 19.1. The van der Waals surface area contributed by atoms with Crippen molar-refractivity contribution in [2.24, 2.45) is 0 Å². The first kappa shape index (κ1) is 20.5. The van der Waals surface area contributed by atoms with E-state index in [0.29, 0.717) is 28.8 Å². The molecule has 0 amide bonds. The molecule has 0 spiro atoms. The van der Waals surface area contributed by atoms with E-state index in [9.17, 15) is 8.42 Å². The second-order valence-corrected chi connectivity index (χ2v) is 9.33. The predicted octanol–water partition coefficient (Wildman–Crippen LogP) is 0.0627. The SMILES string of the molecule is O=S(=O)(c1cccc(NC(=S)NCCC[NH+]2CCOCC2)c1)N1CCCC1. The molecule has 3 rings (SSSR count). The fraction of sp³-hybridized carbons (Fsp3) is 0.611. The molecule has 7 nitrogen and oxygen atoms in total. The number of morpholine rings is 1. The van der Waals surface area contributed by atoms with Gasteiger partial charge in [-0.15, -0.1) is 0 Å². The highest BCUT2D eigenvalue weighted by atomic mass is 32.2. The summed E-state index contributed by atoms with van der Waals surface area (Å²) in [6.07, 6.45) is 2.88. The summed E-state index contributed by atoms with van der Waals surface area (Å²) in [5.41, 5.74) is 0.687. The average Bonchev–Trinajstić information content (AvgIpc) is 3.22. The van der Waals surface area contributed by atoms with Gasteiger partial charge in [0, 0.05) is 31.7 Å². The number of quaternary nitrogens is 1. The largest absolute Gasteiger partial charge is 0.370 e. The third kappa shape index (κ3) is 5.86. The maximum atomic E-state index is 12.7. The number of hydrogen-bond acceptors (Lipinski definition) is 4. The Hall–Kier alpha value is -1.26. The second kappa shape index (κ2) is 9.79. The van der Waals surface area contributed by atoms with Crippen molar-refractivity contribution in [3.8, 4) is 0 Å². The molecule has 2 saturated heterocycles. The molecule has 0 unspecified atom stereocenters. The van der Waals surface area contributed by atoms with Gasteiger partial charge in [0.15, 0.2) is 5.11 Å². The van der Waals surface area contributed by atoms with Crippen molar-refractivity contribution >= 4 is 33.0 Å². The van der Waals surface area contributed by atoms with E-state index in [-0.39, 0.29) is 0 Å². The van der Waals surface area contributed by atoms with E-state index in [1.165, 1.54) is 0 Å². The zero-order valence-corrected chi connectivity index (χ0v) is 17.2. The van der Waals surface area contributed by atoms with Crippen LogP contribution in [-0.2, 0) is 14.8 Å². The molecule has 9 heteroatoms. The lowest BCUT2D eigenvalue weighted by molar-refractivity contribution is -0.908. The molecule has 27 heavy (non-hydrogen) atoms. The standard InChI is InChI=1S/C18H28N4O3S2/c23-27(24,22-9-1-2-10-22)17-6-3-5-16(15-17)20-18(26)19-7-4-8-21-11-13-25-14-12-21/h3,5-6,15H,1-2,4,7-14H2,(H2,19,20,26)/p+1. The molecule has 2 heterocycles. The molecule has 0 atom stereocenters. The molecule has 2 fully saturated rings. The van der Waals surface area contributed by atoms with Crippen molar-refractivity contribution in [1.82, 2.24) is 9.62 Å². The molecule has 3 N–H and O–H groups in total. The van der Waals surface area contributed by atoms with Gasteiger partial charge in [-0.3, -0.25) is 0 Å². The van der Waals surface area contributed by atoms with Crippen LogP contribution in [0.15, 0.2) is 29.2 Å². The lowest BCUT2D eigenvalue weighted by Gasteiger charge is -2.23. The molecule has 0 radical (unpaired) electrons. The Kier molecular flexibility index (Phi) is 7.42. The van der Waals surface area contributed by atoms with Crippen LogP contribution in [0.5, 0.6) is 0 Å². The maximum absolute atomic E-state index is 12.7. The summed E-state index contributed by atoms with van der Waals surface area (Å²) in [7, 11) is -3.41. The molecule has 0 aromatic heterocycles. The van der Waals surface area contributed by atoms with Crippen LogP contribution in [0, 0.1) is 0 Å². The fourth-order valence-electron chi connectivity index (χ4n) is 3.44. The van der Waals surface area contributed by atoms with E-state index in [1.54, 1.807) is 27.4 Å². The summed E-state index contributed by atoms with van der Waals surface area (Å²) < 4.78 is 32.3. The van der Waals surface area contributed by atoms with Crippen LogP contribution in [0.25, 0.3) is 0 Å². The molecular weight excluding hydrogens is 384 g/mol. The highest BCUT2D eigenvalue weighted by Gasteiger charge is 2.27. The van der Waals surface area contributed by atoms with E-state index in [4.69, 9.17) is 17.0 Å². The molecule has 0 saturated carbocycles. The Morgan fingerprint density at radius 3 is 2.70 bits per heavy atom. The van der Waals surface area contributed by atoms with Crippen molar-refractivity contribution < 1.29 is 18.1 Å². The first-order valence-electron chi connectivity index (χ1n) is 9.62. The Bertz CT molecular complexity index is 730. The summed E-state index contributed by atoms with van der Waals surface area (Å²) in [6, 6.07) is 6.87. The van der Waals surface area contributed by atoms with Gasteiger partial charge >= 0.3 is 0 Å². The van der Waals surface area contributed by atoms with E-state index in [0.717, 1.165) is 58.7 Å². The number of sulfonamides is 1. The van der Waals surface area contributed by atoms with Gasteiger partial charge in [-0.05, 0) is 43.3 Å². The molecule has 2 aliphatic heterocycles. The fourth-order valence-corrected chi connectivity index (χ4v) is 5.22. The van der Waals surface area contributed by atoms with Crippen molar-refractivity contribution in [2.75, 3.05) is 57.8 Å². The monoisotopic (exact) mass is 413 g/mol. The van der Waals surface area contributed by atoms with Gasteiger partial charge in [-0.2, -0.15) is 4.31 Å². The topological polar surface area (TPSA) is 75.1 Å². The molecule has 150 valence electrons. The van der Waals surface area contributed by atoms with Gasteiger partial charge in [0.2, 0.25) is 10.0 Å². The highest BCUT2D eigenvalue weighted by Crippen LogP contribution is 2.23. The van der Waals surface area contributed by atoms with E-state index in [1.807, 2.05) is 6.07 Å². The number of ether oxygens (including phenoxy) is 1. The summed E-state index contributed by atoms with van der Waals surface area (Å²) >= 11 is 5.34. The molecular formula is C18H29N4O3S2+. The van der Waals surface area contributed by atoms with Crippen LogP contribution in [0.3, 0.4) is 0 Å². The van der Waals surface area contributed by atoms with Crippen molar-refractivity contribution in [3.63, 3.8) is 0 Å². The zero-order valence-electron chi connectivity index (χ0n) is 15.6. The third-order valence-corrected chi connectivity index (χ3v) is 7.13. The number of anilines is 1. The van der Waals surface area contributed by atoms with E-state index in [2.05, 4.69) is 10.6 Å². The van der Waals surface area contributed by atoms with Gasteiger partial charge in [-0.25, -0.2) is 8.42 Å². The number of benzene rings is 1. The number of nitrogens with zero attached hydrogens (tertiary/aromatic N) is 1. The van der Waals surface area contributed by atoms with Crippen LogP contribution in [-0.4, -0.2) is 70.3 Å². The highest BCUT2D eigenvalue weighted by molar-refractivity contribution is 7.89.